The molecule has 0 aliphatic carbocycles. The third kappa shape index (κ3) is 3.42. The lowest BCUT2D eigenvalue weighted by Crippen LogP contribution is -2.48. The summed E-state index contributed by atoms with van der Waals surface area (Å²) >= 11 is 0. The lowest BCUT2D eigenvalue weighted by Gasteiger charge is -2.29. The number of halogens is 3. The van der Waals surface area contributed by atoms with Gasteiger partial charge in [-0.2, -0.15) is 13.2 Å². The zero-order valence-corrected chi connectivity index (χ0v) is 12.7. The normalized spacial score (nSPS) is 26.7. The van der Waals surface area contributed by atoms with Crippen LogP contribution in [0.4, 0.5) is 13.2 Å². The van der Waals surface area contributed by atoms with E-state index >= 15 is 0 Å². The number of amides is 2. The van der Waals surface area contributed by atoms with Gasteiger partial charge in [-0.15, -0.1) is 0 Å². The van der Waals surface area contributed by atoms with Gasteiger partial charge in [0.15, 0.2) is 0 Å². The summed E-state index contributed by atoms with van der Waals surface area (Å²) in [4.78, 5) is 37.7. The van der Waals surface area contributed by atoms with E-state index in [1.807, 2.05) is 0 Å². The average Bonchev–Trinajstić information content (AvgIpc) is 3.06. The van der Waals surface area contributed by atoms with Crippen molar-refractivity contribution in [3.05, 3.63) is 0 Å². The fourth-order valence-corrected chi connectivity index (χ4v) is 3.30. The maximum atomic E-state index is 13.0. The molecule has 0 aromatic heterocycles. The van der Waals surface area contributed by atoms with Crippen molar-refractivity contribution in [2.45, 2.75) is 38.4 Å². The van der Waals surface area contributed by atoms with Gasteiger partial charge in [0.1, 0.15) is 6.04 Å². The van der Waals surface area contributed by atoms with Crippen LogP contribution in [-0.2, 0) is 14.4 Å². The van der Waals surface area contributed by atoms with Crippen LogP contribution in [0.15, 0.2) is 0 Å². The number of carbonyl (C=O) groups excluding carboxylic acids is 2. The Morgan fingerprint density at radius 3 is 2.39 bits per heavy atom. The number of hydrogen-bond acceptors (Lipinski definition) is 3. The molecular weight excluding hydrogens is 317 g/mol. The first-order chi connectivity index (χ1) is 10.7. The quantitative estimate of drug-likeness (QED) is 0.834. The van der Waals surface area contributed by atoms with E-state index in [1.54, 1.807) is 6.92 Å². The Kier molecular flexibility index (Phi) is 4.86. The molecule has 130 valence electrons. The van der Waals surface area contributed by atoms with Crippen LogP contribution in [0.25, 0.3) is 0 Å². The number of hydrogen-bond donors (Lipinski definition) is 1. The summed E-state index contributed by atoms with van der Waals surface area (Å²) in [5, 5.41) is 8.99. The van der Waals surface area contributed by atoms with Gasteiger partial charge in [-0.05, 0) is 12.8 Å². The third-order valence-corrected chi connectivity index (χ3v) is 4.53. The van der Waals surface area contributed by atoms with Gasteiger partial charge in [0.25, 0.3) is 0 Å². The number of nitrogens with zero attached hydrogens (tertiary/aromatic N) is 2. The minimum absolute atomic E-state index is 0.188. The molecule has 0 aromatic rings. The molecule has 0 saturated carbocycles. The predicted octanol–water partition coefficient (Wildman–Crippen LogP) is 1.11. The molecule has 2 aliphatic heterocycles. The topological polar surface area (TPSA) is 77.9 Å². The van der Waals surface area contributed by atoms with Crippen molar-refractivity contribution in [1.29, 1.82) is 0 Å². The van der Waals surface area contributed by atoms with E-state index in [-0.39, 0.29) is 12.3 Å². The first-order valence-corrected chi connectivity index (χ1v) is 7.54. The lowest BCUT2D eigenvalue weighted by molar-refractivity contribution is -0.188. The van der Waals surface area contributed by atoms with Crippen LogP contribution >= 0.6 is 0 Å². The molecule has 1 unspecified atom stereocenters. The number of aliphatic carboxylic acids is 1. The Hall–Kier alpha value is -1.80. The van der Waals surface area contributed by atoms with Gasteiger partial charge >= 0.3 is 12.1 Å². The number of carboxylic acids is 1. The van der Waals surface area contributed by atoms with E-state index in [0.717, 1.165) is 4.90 Å². The molecule has 23 heavy (non-hydrogen) atoms. The van der Waals surface area contributed by atoms with Crippen molar-refractivity contribution >= 4 is 17.8 Å². The second-order valence-electron chi connectivity index (χ2n) is 5.95. The Balaban J connectivity index is 2.16. The average molecular weight is 336 g/mol. The molecule has 1 N–H and O–H groups in total. The summed E-state index contributed by atoms with van der Waals surface area (Å²) < 4.78 is 39.0. The standard InChI is InChI=1S/C14H19F3N2O4/c1-2-10(19-5-3-4-11(19)20)12(21)18-6-8(13(22)23)9(7-18)14(15,16)17/h8-10H,2-7H2,1H3,(H,22,23)/t8-,9-,10?/m1/s1. The molecule has 3 atom stereocenters. The second-order valence-corrected chi connectivity index (χ2v) is 5.95. The highest BCUT2D eigenvalue weighted by molar-refractivity contribution is 5.89. The zero-order valence-electron chi connectivity index (χ0n) is 12.7. The molecule has 0 spiro atoms. The van der Waals surface area contributed by atoms with Gasteiger partial charge in [0.2, 0.25) is 11.8 Å². The molecule has 2 fully saturated rings. The number of carboxylic acid groups (broad SMARTS) is 1. The Morgan fingerprint density at radius 1 is 1.35 bits per heavy atom. The minimum atomic E-state index is -4.68. The van der Waals surface area contributed by atoms with E-state index in [2.05, 4.69) is 0 Å². The Morgan fingerprint density at radius 2 is 2.00 bits per heavy atom. The van der Waals surface area contributed by atoms with Gasteiger partial charge in [-0.25, -0.2) is 0 Å². The maximum Gasteiger partial charge on any atom is 0.394 e. The molecule has 0 radical (unpaired) electrons. The summed E-state index contributed by atoms with van der Waals surface area (Å²) in [6.45, 7) is 0.941. The largest absolute Gasteiger partial charge is 0.481 e. The monoisotopic (exact) mass is 336 g/mol. The molecule has 2 aliphatic rings. The van der Waals surface area contributed by atoms with Crippen molar-refractivity contribution in [2.75, 3.05) is 19.6 Å². The summed E-state index contributed by atoms with van der Waals surface area (Å²) in [5.41, 5.74) is 0. The Bertz CT molecular complexity index is 509. The highest BCUT2D eigenvalue weighted by atomic mass is 19.4. The first kappa shape index (κ1) is 17.6. The van der Waals surface area contributed by atoms with Gasteiger partial charge in [-0.3, -0.25) is 14.4 Å². The highest BCUT2D eigenvalue weighted by Gasteiger charge is 2.54. The molecule has 2 amide bonds. The van der Waals surface area contributed by atoms with Crippen LogP contribution in [0.2, 0.25) is 0 Å². The van der Waals surface area contributed by atoms with Crippen LogP contribution < -0.4 is 0 Å². The minimum Gasteiger partial charge on any atom is -0.481 e. The van der Waals surface area contributed by atoms with E-state index in [0.29, 0.717) is 19.4 Å². The van der Waals surface area contributed by atoms with Crippen molar-refractivity contribution in [2.24, 2.45) is 11.8 Å². The van der Waals surface area contributed by atoms with Crippen molar-refractivity contribution < 1.29 is 32.7 Å². The second kappa shape index (κ2) is 6.37. The van der Waals surface area contributed by atoms with Gasteiger partial charge in [0.05, 0.1) is 11.8 Å². The summed E-state index contributed by atoms with van der Waals surface area (Å²) in [5.74, 6) is -6.08. The molecule has 9 heteroatoms. The van der Waals surface area contributed by atoms with Crippen LogP contribution in [0.5, 0.6) is 0 Å². The molecule has 6 nitrogen and oxygen atoms in total. The maximum absolute atomic E-state index is 13.0. The molecule has 2 heterocycles. The highest BCUT2D eigenvalue weighted by Crippen LogP contribution is 2.38. The first-order valence-electron chi connectivity index (χ1n) is 7.54. The van der Waals surface area contributed by atoms with Crippen LogP contribution in [0, 0.1) is 11.8 Å². The summed E-state index contributed by atoms with van der Waals surface area (Å²) in [6, 6.07) is -0.813. The van der Waals surface area contributed by atoms with E-state index in [4.69, 9.17) is 5.11 Å². The molecule has 2 rings (SSSR count). The van der Waals surface area contributed by atoms with Crippen LogP contribution in [0.1, 0.15) is 26.2 Å². The van der Waals surface area contributed by atoms with Crippen molar-refractivity contribution in [1.82, 2.24) is 9.80 Å². The fourth-order valence-electron chi connectivity index (χ4n) is 3.30. The summed E-state index contributed by atoms with van der Waals surface area (Å²) in [7, 11) is 0. The third-order valence-electron chi connectivity index (χ3n) is 4.53. The molecule has 0 aromatic carbocycles. The van der Waals surface area contributed by atoms with Crippen LogP contribution in [0.3, 0.4) is 0 Å². The van der Waals surface area contributed by atoms with Crippen molar-refractivity contribution in [3.63, 3.8) is 0 Å². The number of carbonyl (C=O) groups is 3. The molecule has 2 saturated heterocycles. The zero-order chi connectivity index (χ0) is 17.4. The molecular formula is C14H19F3N2O4. The Labute approximate surface area is 131 Å². The van der Waals surface area contributed by atoms with E-state index < -0.39 is 49.0 Å². The number of rotatable bonds is 4. The smallest absolute Gasteiger partial charge is 0.394 e. The van der Waals surface area contributed by atoms with Gasteiger partial charge in [0, 0.05) is 26.1 Å². The van der Waals surface area contributed by atoms with Crippen molar-refractivity contribution in [3.8, 4) is 0 Å². The summed E-state index contributed by atoms with van der Waals surface area (Å²) in [6.07, 6.45) is -3.45. The van der Waals surface area contributed by atoms with E-state index in [9.17, 15) is 27.6 Å². The SMILES string of the molecule is CCC(C(=O)N1C[C@@H](C(F)(F)F)[C@H](C(=O)O)C1)N1CCCC1=O. The number of likely N-dealkylation sites (tertiary alicyclic amines) is 2. The molecule has 0 bridgehead atoms. The lowest BCUT2D eigenvalue weighted by atomic mass is 9.96. The van der Waals surface area contributed by atoms with Crippen LogP contribution in [-0.4, -0.2) is 64.5 Å². The van der Waals surface area contributed by atoms with Gasteiger partial charge < -0.3 is 14.9 Å². The van der Waals surface area contributed by atoms with E-state index in [1.165, 1.54) is 4.90 Å². The predicted molar refractivity (Wildman–Crippen MR) is 72.3 cm³/mol. The fraction of sp³-hybridized carbons (Fsp3) is 0.786. The van der Waals surface area contributed by atoms with Gasteiger partial charge in [-0.1, -0.05) is 6.92 Å². The number of alkyl halides is 3.